The van der Waals surface area contributed by atoms with Crippen molar-refractivity contribution >= 4 is 0 Å². The van der Waals surface area contributed by atoms with E-state index in [1.54, 1.807) is 0 Å². The maximum Gasteiger partial charge on any atom is 0.00798 e. The second-order valence-corrected chi connectivity index (χ2v) is 5.27. The standard InChI is InChI=1S/C13H28N2/c1-4-8-15-9-5-6-13(7-10-15)14-11-12(2)3/h12-14H,4-11H2,1-3H3. The third-order valence-electron chi connectivity index (χ3n) is 3.18. The highest BCUT2D eigenvalue weighted by molar-refractivity contribution is 4.74. The van der Waals surface area contributed by atoms with Crippen LogP contribution in [-0.4, -0.2) is 37.1 Å². The molecule has 1 aliphatic heterocycles. The lowest BCUT2D eigenvalue weighted by molar-refractivity contribution is 0.282. The molecule has 15 heavy (non-hydrogen) atoms. The summed E-state index contributed by atoms with van der Waals surface area (Å²) in [6.45, 7) is 11.9. The summed E-state index contributed by atoms with van der Waals surface area (Å²) in [6.07, 6.45) is 5.37. The molecule has 0 amide bonds. The number of hydrogen-bond donors (Lipinski definition) is 1. The van der Waals surface area contributed by atoms with Crippen molar-refractivity contribution in [1.29, 1.82) is 0 Å². The molecule has 1 heterocycles. The molecule has 0 bridgehead atoms. The second-order valence-electron chi connectivity index (χ2n) is 5.27. The average Bonchev–Trinajstić information content (AvgIpc) is 2.41. The second kappa shape index (κ2) is 7.24. The summed E-state index contributed by atoms with van der Waals surface area (Å²) in [5, 5.41) is 3.70. The third-order valence-corrected chi connectivity index (χ3v) is 3.18. The fourth-order valence-corrected chi connectivity index (χ4v) is 2.30. The Hall–Kier alpha value is -0.0800. The Morgan fingerprint density at radius 3 is 2.73 bits per heavy atom. The van der Waals surface area contributed by atoms with Crippen LogP contribution < -0.4 is 5.32 Å². The van der Waals surface area contributed by atoms with Crippen LogP contribution in [0, 0.1) is 5.92 Å². The summed E-state index contributed by atoms with van der Waals surface area (Å²) < 4.78 is 0. The van der Waals surface area contributed by atoms with Crippen molar-refractivity contribution in [3.8, 4) is 0 Å². The van der Waals surface area contributed by atoms with Crippen LogP contribution in [0.15, 0.2) is 0 Å². The van der Waals surface area contributed by atoms with Crippen molar-refractivity contribution in [2.45, 2.75) is 52.5 Å². The van der Waals surface area contributed by atoms with Crippen LogP contribution in [0.2, 0.25) is 0 Å². The zero-order valence-electron chi connectivity index (χ0n) is 10.8. The van der Waals surface area contributed by atoms with Crippen LogP contribution in [0.3, 0.4) is 0 Å². The summed E-state index contributed by atoms with van der Waals surface area (Å²) in [7, 11) is 0. The van der Waals surface area contributed by atoms with E-state index in [1.807, 2.05) is 0 Å². The molecule has 0 spiro atoms. The monoisotopic (exact) mass is 212 g/mol. The van der Waals surface area contributed by atoms with E-state index in [0.29, 0.717) is 0 Å². The normalized spacial score (nSPS) is 24.4. The van der Waals surface area contributed by atoms with Crippen LogP contribution in [0.25, 0.3) is 0 Å². The molecular formula is C13H28N2. The summed E-state index contributed by atoms with van der Waals surface area (Å²) in [4.78, 5) is 2.62. The Bertz CT molecular complexity index is 157. The summed E-state index contributed by atoms with van der Waals surface area (Å²) in [5.74, 6) is 0.778. The van der Waals surface area contributed by atoms with Crippen molar-refractivity contribution in [1.82, 2.24) is 10.2 Å². The van der Waals surface area contributed by atoms with Crippen molar-refractivity contribution in [3.05, 3.63) is 0 Å². The molecule has 90 valence electrons. The molecular weight excluding hydrogens is 184 g/mol. The highest BCUT2D eigenvalue weighted by atomic mass is 15.1. The van der Waals surface area contributed by atoms with E-state index in [-0.39, 0.29) is 0 Å². The van der Waals surface area contributed by atoms with Crippen LogP contribution in [0.4, 0.5) is 0 Å². The molecule has 2 heteroatoms. The highest BCUT2D eigenvalue weighted by Gasteiger charge is 2.15. The lowest BCUT2D eigenvalue weighted by Crippen LogP contribution is -2.33. The molecule has 0 aliphatic carbocycles. The Kier molecular flexibility index (Phi) is 6.26. The van der Waals surface area contributed by atoms with Gasteiger partial charge in [-0.1, -0.05) is 20.8 Å². The zero-order chi connectivity index (χ0) is 11.1. The van der Waals surface area contributed by atoms with E-state index >= 15 is 0 Å². The van der Waals surface area contributed by atoms with Gasteiger partial charge in [-0.2, -0.15) is 0 Å². The van der Waals surface area contributed by atoms with Crippen molar-refractivity contribution < 1.29 is 0 Å². The van der Waals surface area contributed by atoms with E-state index in [4.69, 9.17) is 0 Å². The van der Waals surface area contributed by atoms with Gasteiger partial charge in [-0.15, -0.1) is 0 Å². The Morgan fingerprint density at radius 1 is 1.27 bits per heavy atom. The highest BCUT2D eigenvalue weighted by Crippen LogP contribution is 2.11. The SMILES string of the molecule is CCCN1CCCC(NCC(C)C)CC1. The largest absolute Gasteiger partial charge is 0.314 e. The van der Waals surface area contributed by atoms with E-state index in [2.05, 4.69) is 31.0 Å². The Balaban J connectivity index is 2.20. The Morgan fingerprint density at radius 2 is 2.07 bits per heavy atom. The van der Waals surface area contributed by atoms with Crippen molar-refractivity contribution in [2.75, 3.05) is 26.2 Å². The van der Waals surface area contributed by atoms with Crippen LogP contribution in [0.5, 0.6) is 0 Å². The van der Waals surface area contributed by atoms with Gasteiger partial charge in [-0.25, -0.2) is 0 Å². The molecule has 1 unspecified atom stereocenters. The topological polar surface area (TPSA) is 15.3 Å². The molecule has 1 fully saturated rings. The molecule has 1 aliphatic rings. The lowest BCUT2D eigenvalue weighted by atomic mass is 10.1. The molecule has 0 radical (unpaired) electrons. The van der Waals surface area contributed by atoms with Gasteiger partial charge in [0.1, 0.15) is 0 Å². The maximum atomic E-state index is 3.70. The van der Waals surface area contributed by atoms with Gasteiger partial charge in [-0.05, 0) is 57.8 Å². The molecule has 1 rings (SSSR count). The first kappa shape index (κ1) is 13.0. The number of likely N-dealkylation sites (tertiary alicyclic amines) is 1. The quantitative estimate of drug-likeness (QED) is 0.753. The fraction of sp³-hybridized carbons (Fsp3) is 1.00. The lowest BCUT2D eigenvalue weighted by Gasteiger charge is -2.20. The first-order chi connectivity index (χ1) is 7.22. The molecule has 0 aromatic carbocycles. The van der Waals surface area contributed by atoms with Gasteiger partial charge in [0, 0.05) is 6.04 Å². The van der Waals surface area contributed by atoms with E-state index in [0.717, 1.165) is 12.0 Å². The molecule has 0 aromatic rings. The van der Waals surface area contributed by atoms with Crippen LogP contribution in [-0.2, 0) is 0 Å². The molecule has 1 atom stereocenters. The van der Waals surface area contributed by atoms with E-state index in [9.17, 15) is 0 Å². The van der Waals surface area contributed by atoms with Gasteiger partial charge in [-0.3, -0.25) is 0 Å². The number of rotatable bonds is 5. The van der Waals surface area contributed by atoms with Crippen LogP contribution in [0.1, 0.15) is 46.5 Å². The van der Waals surface area contributed by atoms with Gasteiger partial charge in [0.15, 0.2) is 0 Å². The van der Waals surface area contributed by atoms with Gasteiger partial charge in [0.2, 0.25) is 0 Å². The minimum atomic E-state index is 0.772. The van der Waals surface area contributed by atoms with Gasteiger partial charge < -0.3 is 10.2 Å². The molecule has 0 saturated carbocycles. The zero-order valence-corrected chi connectivity index (χ0v) is 10.8. The molecule has 2 nitrogen and oxygen atoms in total. The summed E-state index contributed by atoms with van der Waals surface area (Å²) in [5.41, 5.74) is 0. The van der Waals surface area contributed by atoms with Crippen molar-refractivity contribution in [3.63, 3.8) is 0 Å². The van der Waals surface area contributed by atoms with Gasteiger partial charge in [0.25, 0.3) is 0 Å². The predicted molar refractivity (Wildman–Crippen MR) is 67.2 cm³/mol. The van der Waals surface area contributed by atoms with Crippen molar-refractivity contribution in [2.24, 2.45) is 5.92 Å². The summed E-state index contributed by atoms with van der Waals surface area (Å²) >= 11 is 0. The predicted octanol–water partition coefficient (Wildman–Crippen LogP) is 2.50. The van der Waals surface area contributed by atoms with E-state index < -0.39 is 0 Å². The van der Waals surface area contributed by atoms with Gasteiger partial charge >= 0.3 is 0 Å². The molecule has 1 saturated heterocycles. The Labute approximate surface area is 95.4 Å². The van der Waals surface area contributed by atoms with E-state index in [1.165, 1.54) is 51.9 Å². The number of hydrogen-bond acceptors (Lipinski definition) is 2. The third kappa shape index (κ3) is 5.53. The number of nitrogens with one attached hydrogen (secondary N) is 1. The van der Waals surface area contributed by atoms with Gasteiger partial charge in [0.05, 0.1) is 0 Å². The smallest absolute Gasteiger partial charge is 0.00798 e. The molecule has 1 N–H and O–H groups in total. The number of nitrogens with zero attached hydrogens (tertiary/aromatic N) is 1. The first-order valence-corrected chi connectivity index (χ1v) is 6.68. The summed E-state index contributed by atoms with van der Waals surface area (Å²) in [6, 6.07) is 0.772. The molecule has 0 aromatic heterocycles. The average molecular weight is 212 g/mol. The minimum Gasteiger partial charge on any atom is -0.314 e. The van der Waals surface area contributed by atoms with Crippen LogP contribution >= 0.6 is 0 Å². The maximum absolute atomic E-state index is 3.70. The first-order valence-electron chi connectivity index (χ1n) is 6.68. The fourth-order valence-electron chi connectivity index (χ4n) is 2.30. The minimum absolute atomic E-state index is 0.772.